The van der Waals surface area contributed by atoms with Gasteiger partial charge in [0.1, 0.15) is 11.6 Å². The number of hydrogen-bond acceptors (Lipinski definition) is 10. The number of hydrogen-bond donors (Lipinski definition) is 2. The van der Waals surface area contributed by atoms with Gasteiger partial charge in [-0.25, -0.2) is 4.98 Å². The van der Waals surface area contributed by atoms with Gasteiger partial charge in [-0.2, -0.15) is 0 Å². The first-order valence-electron chi connectivity index (χ1n) is 11.2. The first-order valence-corrected chi connectivity index (χ1v) is 11.2. The Morgan fingerprint density at radius 3 is 2.43 bits per heavy atom. The Hall–Kier alpha value is -4.36. The fraction of sp³-hybridized carbons (Fsp3) is 0.348. The minimum Gasteiger partial charge on any atom is -0.469 e. The van der Waals surface area contributed by atoms with E-state index in [0.29, 0.717) is 37.3 Å². The van der Waals surface area contributed by atoms with Crippen molar-refractivity contribution in [2.24, 2.45) is 5.92 Å². The summed E-state index contributed by atoms with van der Waals surface area (Å²) in [4.78, 5) is 30.8. The molecule has 2 N–H and O–H groups in total. The van der Waals surface area contributed by atoms with Crippen LogP contribution in [0.3, 0.4) is 0 Å². The molecule has 37 heavy (non-hydrogen) atoms. The predicted molar refractivity (Wildman–Crippen MR) is 125 cm³/mol. The number of esters is 1. The van der Waals surface area contributed by atoms with Gasteiger partial charge in [-0.15, -0.1) is 18.3 Å². The zero-order valence-electron chi connectivity index (χ0n) is 19.8. The molecule has 11 nitrogen and oxygen atoms in total. The third-order valence-corrected chi connectivity index (χ3v) is 5.60. The number of methoxy groups -OCH3 is 1. The van der Waals surface area contributed by atoms with Crippen molar-refractivity contribution < 1.29 is 36.7 Å². The molecule has 3 aromatic rings. The van der Waals surface area contributed by atoms with Gasteiger partial charge >= 0.3 is 30.1 Å². The van der Waals surface area contributed by atoms with Gasteiger partial charge in [-0.1, -0.05) is 5.10 Å². The molecule has 196 valence electrons. The number of carbonyl (C=O) groups is 2. The fourth-order valence-corrected chi connectivity index (χ4v) is 3.87. The normalized spacial score (nSPS) is 14.2. The Morgan fingerprint density at radius 1 is 1.11 bits per heavy atom. The largest absolute Gasteiger partial charge is 0.573 e. The molecule has 1 saturated heterocycles. The lowest BCUT2D eigenvalue weighted by Gasteiger charge is -2.32. The number of benzene rings is 1. The highest BCUT2D eigenvalue weighted by atomic mass is 19.4. The summed E-state index contributed by atoms with van der Waals surface area (Å²) < 4.78 is 50.7. The molecule has 2 aromatic heterocycles. The van der Waals surface area contributed by atoms with Crippen LogP contribution in [0.2, 0.25) is 0 Å². The molecule has 14 heteroatoms. The van der Waals surface area contributed by atoms with E-state index in [1.54, 1.807) is 6.07 Å². The van der Waals surface area contributed by atoms with Crippen LogP contribution in [0, 0.1) is 12.8 Å². The summed E-state index contributed by atoms with van der Waals surface area (Å²) in [5.41, 5.74) is 1.60. The van der Waals surface area contributed by atoms with Crippen molar-refractivity contribution in [1.29, 1.82) is 0 Å². The number of nitrogens with one attached hydrogen (secondary N) is 2. The van der Waals surface area contributed by atoms with Crippen molar-refractivity contribution in [1.82, 2.24) is 15.2 Å². The van der Waals surface area contributed by atoms with Crippen LogP contribution in [-0.4, -0.2) is 53.6 Å². The lowest BCUT2D eigenvalue weighted by molar-refractivity contribution is -0.274. The molecular weight excluding hydrogens is 497 g/mol. The van der Waals surface area contributed by atoms with Gasteiger partial charge in [-0.05, 0) is 55.7 Å². The summed E-state index contributed by atoms with van der Waals surface area (Å²) >= 11 is 0. The number of aryl methyl sites for hydroxylation is 1. The molecule has 1 fully saturated rings. The van der Waals surface area contributed by atoms with Crippen LogP contribution in [0.25, 0.3) is 0 Å². The number of alkyl halides is 3. The van der Waals surface area contributed by atoms with Crippen LogP contribution in [0.1, 0.15) is 29.1 Å². The number of anilines is 4. The standard InChI is InChI=1S/C23H23F3N6O5/c1-13-11-16(12-27-18(13)32-9-7-14(8-10-32)21(34)35-2)28-19(33)20-30-31-22(36-20)29-15-3-5-17(6-4-15)37-23(24,25)26/h3-6,11-12,14H,7-10H2,1-2H3,(H,28,33)(H,29,31). The Labute approximate surface area is 209 Å². The van der Waals surface area contributed by atoms with Gasteiger partial charge in [0.15, 0.2) is 0 Å². The minimum absolute atomic E-state index is 0.114. The summed E-state index contributed by atoms with van der Waals surface area (Å²) in [6, 6.07) is 6.49. The van der Waals surface area contributed by atoms with E-state index in [4.69, 9.17) is 9.15 Å². The average molecular weight is 520 g/mol. The minimum atomic E-state index is -4.79. The topological polar surface area (TPSA) is 132 Å². The molecule has 0 aliphatic carbocycles. The number of rotatable bonds is 7. The van der Waals surface area contributed by atoms with Crippen LogP contribution in [-0.2, 0) is 9.53 Å². The highest BCUT2D eigenvalue weighted by Gasteiger charge is 2.31. The first-order chi connectivity index (χ1) is 17.6. The number of piperidine rings is 1. The highest BCUT2D eigenvalue weighted by molar-refractivity contribution is 6.01. The van der Waals surface area contributed by atoms with E-state index in [-0.39, 0.29) is 29.5 Å². The Kier molecular flexibility index (Phi) is 7.45. The second-order valence-corrected chi connectivity index (χ2v) is 8.21. The third kappa shape index (κ3) is 6.65. The zero-order chi connectivity index (χ0) is 26.6. The molecule has 1 aliphatic heterocycles. The molecule has 3 heterocycles. The fourth-order valence-electron chi connectivity index (χ4n) is 3.87. The monoisotopic (exact) mass is 520 g/mol. The summed E-state index contributed by atoms with van der Waals surface area (Å²) in [6.45, 7) is 3.19. The molecule has 0 bridgehead atoms. The summed E-state index contributed by atoms with van der Waals surface area (Å²) in [5, 5.41) is 12.7. The molecule has 0 radical (unpaired) electrons. The van der Waals surface area contributed by atoms with Crippen LogP contribution in [0.15, 0.2) is 40.9 Å². The Morgan fingerprint density at radius 2 is 1.81 bits per heavy atom. The average Bonchev–Trinajstić information content (AvgIpc) is 3.33. The molecule has 4 rings (SSSR count). The molecule has 1 aliphatic rings. The number of amides is 1. The van der Waals surface area contributed by atoms with E-state index in [9.17, 15) is 22.8 Å². The summed E-state index contributed by atoms with van der Waals surface area (Å²) in [6.07, 6.45) is -1.94. The number of carbonyl (C=O) groups excluding carboxylic acids is 2. The van der Waals surface area contributed by atoms with Gasteiger partial charge in [0.05, 0.1) is 24.9 Å². The van der Waals surface area contributed by atoms with E-state index in [1.807, 2.05) is 6.92 Å². The maximum Gasteiger partial charge on any atom is 0.573 e. The van der Waals surface area contributed by atoms with Crippen molar-refractivity contribution in [2.75, 3.05) is 35.7 Å². The SMILES string of the molecule is COC(=O)C1CCN(c2ncc(NC(=O)c3nnc(Nc4ccc(OC(F)(F)F)cc4)o3)cc2C)CC1. The molecule has 0 saturated carbocycles. The predicted octanol–water partition coefficient (Wildman–Crippen LogP) is 4.06. The molecule has 1 aromatic carbocycles. The maximum absolute atomic E-state index is 12.5. The second-order valence-electron chi connectivity index (χ2n) is 8.21. The maximum atomic E-state index is 12.5. The van der Waals surface area contributed by atoms with Crippen LogP contribution >= 0.6 is 0 Å². The Bertz CT molecular complexity index is 1260. The van der Waals surface area contributed by atoms with Gasteiger partial charge in [-0.3, -0.25) is 9.59 Å². The lowest BCUT2D eigenvalue weighted by Crippen LogP contribution is -2.37. The lowest BCUT2D eigenvalue weighted by atomic mass is 9.97. The summed E-state index contributed by atoms with van der Waals surface area (Å²) in [5.74, 6) is -0.929. The van der Waals surface area contributed by atoms with Gasteiger partial charge in [0.25, 0.3) is 0 Å². The number of aromatic nitrogens is 3. The second kappa shape index (κ2) is 10.7. The van der Waals surface area contributed by atoms with Crippen molar-refractivity contribution in [3.05, 3.63) is 48.0 Å². The first kappa shape index (κ1) is 25.7. The van der Waals surface area contributed by atoms with Gasteiger partial charge in [0, 0.05) is 18.8 Å². The molecule has 1 amide bonds. The van der Waals surface area contributed by atoms with Crippen LogP contribution in [0.5, 0.6) is 5.75 Å². The molecular formula is C23H23F3N6O5. The van der Waals surface area contributed by atoms with Crippen LogP contribution in [0.4, 0.5) is 36.4 Å². The highest BCUT2D eigenvalue weighted by Crippen LogP contribution is 2.27. The van der Waals surface area contributed by atoms with Gasteiger partial charge in [0.2, 0.25) is 0 Å². The van der Waals surface area contributed by atoms with Crippen LogP contribution < -0.4 is 20.3 Å². The number of ether oxygens (including phenoxy) is 2. The van der Waals surface area contributed by atoms with E-state index in [1.165, 1.54) is 25.4 Å². The van der Waals surface area contributed by atoms with E-state index in [0.717, 1.165) is 23.5 Å². The number of pyridine rings is 1. The smallest absolute Gasteiger partial charge is 0.469 e. The van der Waals surface area contributed by atoms with E-state index in [2.05, 4.69) is 35.5 Å². The third-order valence-electron chi connectivity index (χ3n) is 5.60. The zero-order valence-corrected chi connectivity index (χ0v) is 19.8. The Balaban J connectivity index is 1.33. The van der Waals surface area contributed by atoms with Crippen molar-refractivity contribution in [3.8, 4) is 5.75 Å². The molecule has 0 unspecified atom stereocenters. The quantitative estimate of drug-likeness (QED) is 0.440. The van der Waals surface area contributed by atoms with Crippen molar-refractivity contribution in [3.63, 3.8) is 0 Å². The number of halogens is 3. The number of nitrogens with zero attached hydrogens (tertiary/aromatic N) is 4. The van der Waals surface area contributed by atoms with E-state index < -0.39 is 12.3 Å². The summed E-state index contributed by atoms with van der Waals surface area (Å²) in [7, 11) is 1.39. The van der Waals surface area contributed by atoms with Crippen molar-refractivity contribution >= 4 is 35.1 Å². The molecule has 0 atom stereocenters. The van der Waals surface area contributed by atoms with E-state index >= 15 is 0 Å². The van der Waals surface area contributed by atoms with Gasteiger partial charge < -0.3 is 29.4 Å². The van der Waals surface area contributed by atoms with Crippen molar-refractivity contribution in [2.45, 2.75) is 26.1 Å². The molecule has 0 spiro atoms.